The van der Waals surface area contributed by atoms with E-state index in [0.717, 1.165) is 19.1 Å². The molecule has 0 fully saturated rings. The van der Waals surface area contributed by atoms with Crippen LogP contribution in [0.1, 0.15) is 37.0 Å². The third kappa shape index (κ3) is 4.49. The number of benzene rings is 1. The van der Waals surface area contributed by atoms with Crippen molar-refractivity contribution in [1.29, 1.82) is 0 Å². The van der Waals surface area contributed by atoms with Crippen LogP contribution in [0.4, 0.5) is 0 Å². The SMILES string of the molecule is CCC(CC)CNC(=O)c1ccc(Cl)c(S(C)(=O)=O)c1. The van der Waals surface area contributed by atoms with Gasteiger partial charge in [-0.15, -0.1) is 0 Å². The summed E-state index contributed by atoms with van der Waals surface area (Å²) in [7, 11) is -3.44. The van der Waals surface area contributed by atoms with E-state index in [1.807, 2.05) is 0 Å². The van der Waals surface area contributed by atoms with Crippen molar-refractivity contribution in [2.45, 2.75) is 31.6 Å². The lowest BCUT2D eigenvalue weighted by Gasteiger charge is -2.13. The maximum Gasteiger partial charge on any atom is 0.251 e. The monoisotopic (exact) mass is 317 g/mol. The highest BCUT2D eigenvalue weighted by Gasteiger charge is 2.16. The average Bonchev–Trinajstić information content (AvgIpc) is 2.38. The minimum Gasteiger partial charge on any atom is -0.352 e. The molecule has 0 radical (unpaired) electrons. The summed E-state index contributed by atoms with van der Waals surface area (Å²) in [5.41, 5.74) is 0.306. The molecule has 0 bridgehead atoms. The van der Waals surface area contributed by atoms with Crippen molar-refractivity contribution in [2.75, 3.05) is 12.8 Å². The summed E-state index contributed by atoms with van der Waals surface area (Å²) in [6.45, 7) is 4.73. The van der Waals surface area contributed by atoms with Crippen molar-refractivity contribution in [1.82, 2.24) is 5.32 Å². The molecule has 20 heavy (non-hydrogen) atoms. The summed E-state index contributed by atoms with van der Waals surface area (Å²) in [4.78, 5) is 12.0. The summed E-state index contributed by atoms with van der Waals surface area (Å²) < 4.78 is 23.1. The predicted octanol–water partition coefficient (Wildman–Crippen LogP) is 2.91. The third-order valence-corrected chi connectivity index (χ3v) is 4.88. The van der Waals surface area contributed by atoms with E-state index in [-0.39, 0.29) is 15.8 Å². The Hall–Kier alpha value is -1.07. The van der Waals surface area contributed by atoms with Crippen molar-refractivity contribution < 1.29 is 13.2 Å². The predicted molar refractivity (Wildman–Crippen MR) is 81.0 cm³/mol. The lowest BCUT2D eigenvalue weighted by molar-refractivity contribution is 0.0946. The Labute approximate surface area is 125 Å². The fraction of sp³-hybridized carbons (Fsp3) is 0.500. The first-order chi connectivity index (χ1) is 9.29. The van der Waals surface area contributed by atoms with Crippen LogP contribution in [0.2, 0.25) is 5.02 Å². The molecule has 1 N–H and O–H groups in total. The largest absolute Gasteiger partial charge is 0.352 e. The van der Waals surface area contributed by atoms with Crippen LogP contribution in [0.5, 0.6) is 0 Å². The molecule has 0 saturated heterocycles. The van der Waals surface area contributed by atoms with Gasteiger partial charge in [0, 0.05) is 18.4 Å². The minimum absolute atomic E-state index is 0.0191. The van der Waals surface area contributed by atoms with Gasteiger partial charge in [-0.2, -0.15) is 0 Å². The molecular weight excluding hydrogens is 298 g/mol. The van der Waals surface area contributed by atoms with E-state index in [1.165, 1.54) is 18.2 Å². The molecule has 112 valence electrons. The molecule has 1 rings (SSSR count). The molecule has 0 unspecified atom stereocenters. The Morgan fingerprint density at radius 3 is 2.40 bits per heavy atom. The molecule has 0 aliphatic rings. The molecule has 4 nitrogen and oxygen atoms in total. The Bertz CT molecular complexity index is 580. The zero-order valence-corrected chi connectivity index (χ0v) is 13.5. The quantitative estimate of drug-likeness (QED) is 0.877. The number of halogens is 1. The zero-order valence-electron chi connectivity index (χ0n) is 11.9. The Balaban J connectivity index is 2.90. The van der Waals surface area contributed by atoms with Crippen molar-refractivity contribution in [3.05, 3.63) is 28.8 Å². The second-order valence-electron chi connectivity index (χ2n) is 4.81. The van der Waals surface area contributed by atoms with Gasteiger partial charge < -0.3 is 5.32 Å². The van der Waals surface area contributed by atoms with E-state index in [1.54, 1.807) is 0 Å². The lowest BCUT2D eigenvalue weighted by atomic mass is 10.0. The van der Waals surface area contributed by atoms with Gasteiger partial charge in [-0.1, -0.05) is 38.3 Å². The normalized spacial score (nSPS) is 11.7. The molecule has 0 aliphatic heterocycles. The van der Waals surface area contributed by atoms with Crippen molar-refractivity contribution in [3.8, 4) is 0 Å². The first kappa shape index (κ1) is 17.0. The van der Waals surface area contributed by atoms with Crippen molar-refractivity contribution in [3.63, 3.8) is 0 Å². The van der Waals surface area contributed by atoms with Crippen molar-refractivity contribution in [2.24, 2.45) is 5.92 Å². The van der Waals surface area contributed by atoms with E-state index < -0.39 is 9.84 Å². The molecular formula is C14H20ClNO3S. The summed E-state index contributed by atoms with van der Waals surface area (Å²) in [6, 6.07) is 4.28. The molecule has 0 aliphatic carbocycles. The molecule has 0 saturated carbocycles. The van der Waals surface area contributed by atoms with Crippen LogP contribution in [0.25, 0.3) is 0 Å². The number of sulfone groups is 1. The number of rotatable bonds is 6. The van der Waals surface area contributed by atoms with Gasteiger partial charge in [-0.05, 0) is 24.1 Å². The molecule has 0 atom stereocenters. The van der Waals surface area contributed by atoms with Gasteiger partial charge in [-0.3, -0.25) is 4.79 Å². The highest BCUT2D eigenvalue weighted by Crippen LogP contribution is 2.22. The average molecular weight is 318 g/mol. The highest BCUT2D eigenvalue weighted by atomic mass is 35.5. The number of carbonyl (C=O) groups is 1. The van der Waals surface area contributed by atoms with Gasteiger partial charge in [0.2, 0.25) is 0 Å². The molecule has 6 heteroatoms. The van der Waals surface area contributed by atoms with Crippen LogP contribution in [0.15, 0.2) is 23.1 Å². The fourth-order valence-corrected chi connectivity index (χ4v) is 3.15. The summed E-state index contributed by atoms with van der Waals surface area (Å²) >= 11 is 5.85. The van der Waals surface area contributed by atoms with E-state index in [4.69, 9.17) is 11.6 Å². The van der Waals surface area contributed by atoms with Crippen LogP contribution < -0.4 is 5.32 Å². The Morgan fingerprint density at radius 2 is 1.90 bits per heavy atom. The molecule has 0 spiro atoms. The highest BCUT2D eigenvalue weighted by molar-refractivity contribution is 7.90. The van der Waals surface area contributed by atoms with Crippen molar-refractivity contribution >= 4 is 27.3 Å². The van der Waals surface area contributed by atoms with Crippen LogP contribution in [0, 0.1) is 5.92 Å². The smallest absolute Gasteiger partial charge is 0.251 e. The van der Waals surface area contributed by atoms with E-state index in [0.29, 0.717) is 18.0 Å². The van der Waals surface area contributed by atoms with Gasteiger partial charge in [0.05, 0.1) is 9.92 Å². The summed E-state index contributed by atoms with van der Waals surface area (Å²) in [6.07, 6.45) is 3.05. The van der Waals surface area contributed by atoms with E-state index >= 15 is 0 Å². The zero-order chi connectivity index (χ0) is 15.3. The van der Waals surface area contributed by atoms with Crippen LogP contribution in [0.3, 0.4) is 0 Å². The van der Waals surface area contributed by atoms with Gasteiger partial charge in [0.15, 0.2) is 9.84 Å². The van der Waals surface area contributed by atoms with E-state index in [9.17, 15) is 13.2 Å². The summed E-state index contributed by atoms with van der Waals surface area (Å²) in [5.74, 6) is 0.152. The van der Waals surface area contributed by atoms with Gasteiger partial charge in [0.1, 0.15) is 0 Å². The third-order valence-electron chi connectivity index (χ3n) is 3.30. The Kier molecular flexibility index (Phi) is 6.02. The molecule has 1 aromatic carbocycles. The second kappa shape index (κ2) is 7.09. The molecule has 1 amide bonds. The number of hydrogen-bond acceptors (Lipinski definition) is 3. The molecule has 0 heterocycles. The Morgan fingerprint density at radius 1 is 1.30 bits per heavy atom. The second-order valence-corrected chi connectivity index (χ2v) is 7.20. The maximum atomic E-state index is 12.0. The van der Waals surface area contributed by atoms with Crippen LogP contribution in [-0.4, -0.2) is 27.1 Å². The minimum atomic E-state index is -3.44. The van der Waals surface area contributed by atoms with Crippen LogP contribution >= 0.6 is 11.6 Å². The summed E-state index contributed by atoms with van der Waals surface area (Å²) in [5, 5.41) is 2.95. The topological polar surface area (TPSA) is 63.2 Å². The molecule has 1 aromatic rings. The number of hydrogen-bond donors (Lipinski definition) is 1. The number of nitrogens with one attached hydrogen (secondary N) is 1. The maximum absolute atomic E-state index is 12.0. The molecule has 0 aromatic heterocycles. The fourth-order valence-electron chi connectivity index (χ4n) is 1.85. The lowest BCUT2D eigenvalue weighted by Crippen LogP contribution is -2.29. The standard InChI is InChI=1S/C14H20ClNO3S/c1-4-10(5-2)9-16-14(17)11-6-7-12(15)13(8-11)20(3,18)19/h6-8,10H,4-5,9H2,1-3H3,(H,16,17). The van der Waals surface area contributed by atoms with Crippen LogP contribution in [-0.2, 0) is 9.84 Å². The number of amides is 1. The van der Waals surface area contributed by atoms with Gasteiger partial charge in [-0.25, -0.2) is 8.42 Å². The van der Waals surface area contributed by atoms with E-state index in [2.05, 4.69) is 19.2 Å². The number of carbonyl (C=O) groups excluding carboxylic acids is 1. The first-order valence-electron chi connectivity index (χ1n) is 6.57. The first-order valence-corrected chi connectivity index (χ1v) is 8.84. The van der Waals surface area contributed by atoms with Gasteiger partial charge in [0.25, 0.3) is 5.91 Å². The van der Waals surface area contributed by atoms with Gasteiger partial charge >= 0.3 is 0 Å².